The number of hydrogen-bond acceptors (Lipinski definition) is 6. The van der Waals surface area contributed by atoms with Crippen LogP contribution in [-0.4, -0.2) is 65.4 Å². The normalized spacial score (nSPS) is 22.5. The molecule has 2 aliphatic rings. The van der Waals surface area contributed by atoms with E-state index in [1.807, 2.05) is 13.0 Å². The van der Waals surface area contributed by atoms with Crippen LogP contribution in [0.15, 0.2) is 36.7 Å². The lowest BCUT2D eigenvalue weighted by molar-refractivity contribution is -0.138. The molecule has 0 bridgehead atoms. The molecule has 2 aromatic rings. The average Bonchev–Trinajstić information content (AvgIpc) is 3.04. The van der Waals surface area contributed by atoms with Crippen LogP contribution in [0.2, 0.25) is 0 Å². The minimum atomic E-state index is -4.66. The third-order valence-electron chi connectivity index (χ3n) is 5.00. The summed E-state index contributed by atoms with van der Waals surface area (Å²) < 4.78 is 57.1. The number of ether oxygens (including phenoxy) is 3. The van der Waals surface area contributed by atoms with E-state index in [9.17, 15) is 18.0 Å². The fraction of sp³-hybridized carbons (Fsp3) is 0.450. The van der Waals surface area contributed by atoms with Gasteiger partial charge in [0.15, 0.2) is 0 Å². The SMILES string of the molecule is Cc1ccc(OC2CO[C@H]3CN(C(=O)c4ncccc4C(F)(F)F)C[C@@H]3OC2)cn1. The van der Waals surface area contributed by atoms with Gasteiger partial charge in [0.25, 0.3) is 5.91 Å². The molecule has 0 unspecified atom stereocenters. The highest BCUT2D eigenvalue weighted by atomic mass is 19.4. The smallest absolute Gasteiger partial charge is 0.418 e. The van der Waals surface area contributed by atoms with Gasteiger partial charge >= 0.3 is 6.18 Å². The zero-order valence-electron chi connectivity index (χ0n) is 16.1. The van der Waals surface area contributed by atoms with Gasteiger partial charge in [-0.05, 0) is 31.2 Å². The van der Waals surface area contributed by atoms with Crippen LogP contribution in [0.1, 0.15) is 21.7 Å². The van der Waals surface area contributed by atoms with Crippen molar-refractivity contribution < 1.29 is 32.2 Å². The summed E-state index contributed by atoms with van der Waals surface area (Å²) in [6.07, 6.45) is -3.12. The van der Waals surface area contributed by atoms with Crippen molar-refractivity contribution in [2.45, 2.75) is 31.4 Å². The molecule has 2 fully saturated rings. The fourth-order valence-electron chi connectivity index (χ4n) is 3.48. The number of amides is 1. The van der Waals surface area contributed by atoms with Gasteiger partial charge in [-0.2, -0.15) is 13.2 Å². The highest BCUT2D eigenvalue weighted by Crippen LogP contribution is 2.32. The molecule has 4 rings (SSSR count). The number of alkyl halides is 3. The van der Waals surface area contributed by atoms with E-state index in [4.69, 9.17) is 14.2 Å². The molecule has 7 nitrogen and oxygen atoms in total. The first-order valence-corrected chi connectivity index (χ1v) is 9.45. The first-order valence-electron chi connectivity index (χ1n) is 9.45. The Balaban J connectivity index is 1.39. The van der Waals surface area contributed by atoms with E-state index in [0.717, 1.165) is 17.8 Å². The first kappa shape index (κ1) is 20.5. The number of pyridine rings is 2. The highest BCUT2D eigenvalue weighted by molar-refractivity contribution is 5.94. The van der Waals surface area contributed by atoms with Crippen molar-refractivity contribution in [2.24, 2.45) is 0 Å². The summed E-state index contributed by atoms with van der Waals surface area (Å²) in [7, 11) is 0. The molecule has 4 heterocycles. The van der Waals surface area contributed by atoms with E-state index < -0.39 is 35.5 Å². The number of halogens is 3. The number of aryl methyl sites for hydroxylation is 1. The lowest BCUT2D eigenvalue weighted by Crippen LogP contribution is -2.34. The third kappa shape index (κ3) is 4.39. The predicted molar refractivity (Wildman–Crippen MR) is 98.0 cm³/mol. The highest BCUT2D eigenvalue weighted by Gasteiger charge is 2.43. The lowest BCUT2D eigenvalue weighted by Gasteiger charge is -2.20. The maximum absolute atomic E-state index is 13.2. The van der Waals surface area contributed by atoms with Crippen LogP contribution in [0, 0.1) is 6.92 Å². The summed E-state index contributed by atoms with van der Waals surface area (Å²) in [5, 5.41) is 0. The van der Waals surface area contributed by atoms with Crippen LogP contribution in [0.25, 0.3) is 0 Å². The van der Waals surface area contributed by atoms with E-state index >= 15 is 0 Å². The second kappa shape index (κ2) is 8.19. The van der Waals surface area contributed by atoms with Gasteiger partial charge in [0.2, 0.25) is 0 Å². The molecule has 30 heavy (non-hydrogen) atoms. The van der Waals surface area contributed by atoms with Gasteiger partial charge < -0.3 is 19.1 Å². The number of carbonyl (C=O) groups is 1. The zero-order valence-corrected chi connectivity index (χ0v) is 16.1. The van der Waals surface area contributed by atoms with E-state index in [2.05, 4.69) is 9.97 Å². The third-order valence-corrected chi connectivity index (χ3v) is 5.00. The molecular weight excluding hydrogens is 403 g/mol. The van der Waals surface area contributed by atoms with Crippen LogP contribution in [0.4, 0.5) is 13.2 Å². The number of carbonyl (C=O) groups excluding carboxylic acids is 1. The number of likely N-dealkylation sites (tertiary alicyclic amines) is 1. The Labute approximate surface area is 170 Å². The molecule has 2 aromatic heterocycles. The van der Waals surface area contributed by atoms with Gasteiger partial charge in [0.1, 0.15) is 29.8 Å². The molecule has 2 saturated heterocycles. The number of rotatable bonds is 3. The van der Waals surface area contributed by atoms with Crippen LogP contribution < -0.4 is 4.74 Å². The number of hydrogen-bond donors (Lipinski definition) is 0. The maximum Gasteiger partial charge on any atom is 0.418 e. The Morgan fingerprint density at radius 2 is 1.83 bits per heavy atom. The largest absolute Gasteiger partial charge is 0.484 e. The van der Waals surface area contributed by atoms with Crippen LogP contribution >= 0.6 is 0 Å². The van der Waals surface area contributed by atoms with Crippen molar-refractivity contribution in [1.82, 2.24) is 14.9 Å². The molecule has 1 amide bonds. The van der Waals surface area contributed by atoms with Crippen molar-refractivity contribution in [3.63, 3.8) is 0 Å². The van der Waals surface area contributed by atoms with Crippen molar-refractivity contribution in [1.29, 1.82) is 0 Å². The van der Waals surface area contributed by atoms with E-state index in [0.29, 0.717) is 5.75 Å². The molecule has 0 aliphatic carbocycles. The lowest BCUT2D eigenvalue weighted by atomic mass is 10.1. The van der Waals surface area contributed by atoms with Gasteiger partial charge in [0.05, 0.1) is 25.0 Å². The zero-order chi connectivity index (χ0) is 21.3. The minimum absolute atomic E-state index is 0.121. The molecule has 0 radical (unpaired) electrons. The fourth-order valence-corrected chi connectivity index (χ4v) is 3.48. The Morgan fingerprint density at radius 1 is 1.13 bits per heavy atom. The number of aromatic nitrogens is 2. The number of nitrogens with zero attached hydrogens (tertiary/aromatic N) is 3. The molecule has 0 spiro atoms. The van der Waals surface area contributed by atoms with Gasteiger partial charge in [-0.25, -0.2) is 0 Å². The topological polar surface area (TPSA) is 73.8 Å². The van der Waals surface area contributed by atoms with Crippen LogP contribution in [0.5, 0.6) is 5.75 Å². The van der Waals surface area contributed by atoms with Crippen molar-refractivity contribution in [3.05, 3.63) is 53.6 Å². The molecule has 2 aliphatic heterocycles. The van der Waals surface area contributed by atoms with Crippen molar-refractivity contribution >= 4 is 5.91 Å². The summed E-state index contributed by atoms with van der Waals surface area (Å²) in [5.41, 5.74) is -0.796. The van der Waals surface area contributed by atoms with Crippen molar-refractivity contribution in [2.75, 3.05) is 26.3 Å². The number of fused-ring (bicyclic) bond motifs is 1. The molecule has 10 heteroatoms. The van der Waals surface area contributed by atoms with E-state index in [1.54, 1.807) is 12.3 Å². The Morgan fingerprint density at radius 3 is 2.43 bits per heavy atom. The summed E-state index contributed by atoms with van der Waals surface area (Å²) >= 11 is 0. The molecule has 0 saturated carbocycles. The Hall–Kier alpha value is -2.72. The van der Waals surface area contributed by atoms with E-state index in [-0.39, 0.29) is 32.4 Å². The summed E-state index contributed by atoms with van der Waals surface area (Å²) in [6.45, 7) is 2.58. The summed E-state index contributed by atoms with van der Waals surface area (Å²) in [6, 6.07) is 5.64. The van der Waals surface area contributed by atoms with Gasteiger partial charge in [-0.1, -0.05) is 0 Å². The standard InChI is InChI=1S/C20H20F3N3O4/c1-12-4-5-13(7-25-12)30-14-10-28-16-8-26(9-17(16)29-11-14)19(27)18-15(20(21,22)23)3-2-6-24-18/h2-7,14,16-17H,8-11H2,1H3/t16-,17-/m0/s1. The second-order valence-electron chi connectivity index (χ2n) is 7.23. The van der Waals surface area contributed by atoms with Crippen LogP contribution in [0.3, 0.4) is 0 Å². The van der Waals surface area contributed by atoms with Crippen molar-refractivity contribution in [3.8, 4) is 5.75 Å². The molecule has 2 atom stereocenters. The van der Waals surface area contributed by atoms with Gasteiger partial charge in [-0.3, -0.25) is 14.8 Å². The second-order valence-corrected chi connectivity index (χ2v) is 7.23. The predicted octanol–water partition coefficient (Wildman–Crippen LogP) is 2.49. The average molecular weight is 423 g/mol. The summed E-state index contributed by atoms with van der Waals surface area (Å²) in [4.78, 5) is 21.8. The quantitative estimate of drug-likeness (QED) is 0.755. The van der Waals surface area contributed by atoms with Crippen LogP contribution in [-0.2, 0) is 15.7 Å². The minimum Gasteiger partial charge on any atom is -0.484 e. The van der Waals surface area contributed by atoms with Gasteiger partial charge in [-0.15, -0.1) is 0 Å². The summed E-state index contributed by atoms with van der Waals surface area (Å²) in [5.74, 6) is -0.196. The van der Waals surface area contributed by atoms with Gasteiger partial charge in [0, 0.05) is 25.0 Å². The Kier molecular flexibility index (Phi) is 5.61. The first-order chi connectivity index (χ1) is 14.3. The molecule has 0 N–H and O–H groups in total. The Bertz CT molecular complexity index is 891. The molecular formula is C20H20F3N3O4. The molecule has 0 aromatic carbocycles. The monoisotopic (exact) mass is 423 g/mol. The maximum atomic E-state index is 13.2. The van der Waals surface area contributed by atoms with E-state index in [1.165, 1.54) is 11.1 Å². The molecule has 160 valence electrons.